The van der Waals surface area contributed by atoms with Gasteiger partial charge in [-0.1, -0.05) is 23.7 Å². The smallest absolute Gasteiger partial charge is 0.265 e. The minimum Gasteiger partial charge on any atom is -0.322 e. The quantitative estimate of drug-likeness (QED) is 0.544. The molecule has 0 fully saturated rings. The van der Waals surface area contributed by atoms with Gasteiger partial charge in [0.05, 0.1) is 16.1 Å². The fraction of sp³-hybridized carbons (Fsp3) is 0.0526. The maximum absolute atomic E-state index is 12.7. The van der Waals surface area contributed by atoms with Crippen LogP contribution in [0.15, 0.2) is 64.9 Å². The topological polar surface area (TPSA) is 58.2 Å². The number of hydrogen-bond acceptors (Lipinski definition) is 4. The molecular formula is C19H15ClN2O2S2. The zero-order valence-corrected chi connectivity index (χ0v) is 16.2. The van der Waals surface area contributed by atoms with Gasteiger partial charge >= 0.3 is 0 Å². The number of halogens is 1. The van der Waals surface area contributed by atoms with Gasteiger partial charge in [0.1, 0.15) is 0 Å². The lowest BCUT2D eigenvalue weighted by Crippen LogP contribution is -2.17. The maximum Gasteiger partial charge on any atom is 0.265 e. The van der Waals surface area contributed by atoms with Crippen molar-refractivity contribution in [2.24, 2.45) is 0 Å². The van der Waals surface area contributed by atoms with E-state index in [4.69, 9.17) is 11.6 Å². The number of hydrogen-bond donors (Lipinski definition) is 2. The van der Waals surface area contributed by atoms with Gasteiger partial charge in [0.2, 0.25) is 0 Å². The van der Waals surface area contributed by atoms with Crippen molar-refractivity contribution in [3.63, 3.8) is 0 Å². The molecule has 0 aliphatic rings. The van der Waals surface area contributed by atoms with E-state index in [2.05, 4.69) is 10.6 Å². The van der Waals surface area contributed by atoms with E-state index in [0.717, 1.165) is 4.90 Å². The summed E-state index contributed by atoms with van der Waals surface area (Å²) in [5.74, 6) is -0.595. The van der Waals surface area contributed by atoms with Gasteiger partial charge in [0.25, 0.3) is 11.8 Å². The van der Waals surface area contributed by atoms with Crippen LogP contribution in [0.25, 0.3) is 0 Å². The predicted octanol–water partition coefficient (Wildman–Crippen LogP) is 5.63. The first-order chi connectivity index (χ1) is 12.6. The summed E-state index contributed by atoms with van der Waals surface area (Å²) in [6, 6.07) is 15.9. The van der Waals surface area contributed by atoms with E-state index in [9.17, 15) is 9.59 Å². The highest BCUT2D eigenvalue weighted by Crippen LogP contribution is 2.25. The van der Waals surface area contributed by atoms with Crippen LogP contribution in [-0.2, 0) is 0 Å². The van der Waals surface area contributed by atoms with Crippen molar-refractivity contribution in [2.75, 3.05) is 16.9 Å². The maximum atomic E-state index is 12.7. The Hall–Kier alpha value is -2.28. The third-order valence-electron chi connectivity index (χ3n) is 3.55. The summed E-state index contributed by atoms with van der Waals surface area (Å²) in [6.45, 7) is 0. The highest BCUT2D eigenvalue weighted by molar-refractivity contribution is 7.98. The van der Waals surface area contributed by atoms with Crippen LogP contribution in [0.5, 0.6) is 0 Å². The number of rotatable bonds is 5. The van der Waals surface area contributed by atoms with Gasteiger partial charge < -0.3 is 10.6 Å². The summed E-state index contributed by atoms with van der Waals surface area (Å²) in [5, 5.41) is 7.88. The Morgan fingerprint density at radius 2 is 1.85 bits per heavy atom. The molecule has 2 N–H and O–H groups in total. The predicted molar refractivity (Wildman–Crippen MR) is 110 cm³/mol. The van der Waals surface area contributed by atoms with E-state index in [1.54, 1.807) is 42.1 Å². The van der Waals surface area contributed by atoms with Crippen LogP contribution in [0.3, 0.4) is 0 Å². The number of amides is 2. The van der Waals surface area contributed by atoms with E-state index in [1.165, 1.54) is 11.3 Å². The molecular weight excluding hydrogens is 388 g/mol. The molecule has 2 amide bonds. The van der Waals surface area contributed by atoms with Crippen LogP contribution >= 0.6 is 34.7 Å². The zero-order chi connectivity index (χ0) is 18.5. The first-order valence-electron chi connectivity index (χ1n) is 7.66. The fourth-order valence-corrected chi connectivity index (χ4v) is 3.56. The van der Waals surface area contributed by atoms with Gasteiger partial charge in [0.15, 0.2) is 0 Å². The van der Waals surface area contributed by atoms with Crippen molar-refractivity contribution in [2.45, 2.75) is 4.90 Å². The number of thioether (sulfide) groups is 1. The Labute approximate surface area is 164 Å². The number of nitrogens with one attached hydrogen (secondary N) is 2. The molecule has 0 radical (unpaired) electrons. The van der Waals surface area contributed by atoms with Crippen molar-refractivity contribution in [1.82, 2.24) is 0 Å². The molecule has 0 aliphatic heterocycles. The minimum atomic E-state index is -0.318. The van der Waals surface area contributed by atoms with Crippen molar-refractivity contribution in [1.29, 1.82) is 0 Å². The number of anilines is 2. The Bertz CT molecular complexity index is 942. The monoisotopic (exact) mass is 402 g/mol. The second kappa shape index (κ2) is 8.40. The molecule has 4 nitrogen and oxygen atoms in total. The third-order valence-corrected chi connectivity index (χ3v) is 5.38. The highest BCUT2D eigenvalue weighted by Gasteiger charge is 2.16. The van der Waals surface area contributed by atoms with Gasteiger partial charge in [0, 0.05) is 15.6 Å². The van der Waals surface area contributed by atoms with E-state index in [0.29, 0.717) is 26.8 Å². The van der Waals surface area contributed by atoms with Gasteiger partial charge in [-0.05, 0) is 54.1 Å². The van der Waals surface area contributed by atoms with E-state index >= 15 is 0 Å². The largest absolute Gasteiger partial charge is 0.322 e. The fourth-order valence-electron chi connectivity index (χ4n) is 2.31. The van der Waals surface area contributed by atoms with Crippen LogP contribution in [0.2, 0.25) is 5.02 Å². The van der Waals surface area contributed by atoms with E-state index in [1.807, 2.05) is 35.9 Å². The second-order valence-electron chi connectivity index (χ2n) is 5.31. The molecule has 1 heterocycles. The van der Waals surface area contributed by atoms with Crippen LogP contribution in [0.4, 0.5) is 11.4 Å². The molecule has 2 aromatic carbocycles. The third kappa shape index (κ3) is 4.46. The lowest BCUT2D eigenvalue weighted by atomic mass is 10.1. The number of thiophene rings is 1. The Morgan fingerprint density at radius 3 is 2.58 bits per heavy atom. The lowest BCUT2D eigenvalue weighted by Gasteiger charge is -2.12. The van der Waals surface area contributed by atoms with Gasteiger partial charge in [-0.15, -0.1) is 23.1 Å². The number of carbonyl (C=O) groups is 2. The van der Waals surface area contributed by atoms with Crippen molar-refractivity contribution in [3.8, 4) is 0 Å². The van der Waals surface area contributed by atoms with Gasteiger partial charge in [-0.2, -0.15) is 0 Å². The van der Waals surface area contributed by atoms with Gasteiger partial charge in [-0.25, -0.2) is 0 Å². The summed E-state index contributed by atoms with van der Waals surface area (Å²) in [5.41, 5.74) is 1.40. The summed E-state index contributed by atoms with van der Waals surface area (Å²) in [4.78, 5) is 26.6. The number of carbonyl (C=O) groups excluding carboxylic acids is 2. The van der Waals surface area contributed by atoms with Crippen LogP contribution < -0.4 is 10.6 Å². The summed E-state index contributed by atoms with van der Waals surface area (Å²) in [7, 11) is 0. The molecule has 0 saturated heterocycles. The van der Waals surface area contributed by atoms with Gasteiger partial charge in [-0.3, -0.25) is 9.59 Å². The normalized spacial score (nSPS) is 10.4. The summed E-state index contributed by atoms with van der Waals surface area (Å²) >= 11 is 8.97. The second-order valence-corrected chi connectivity index (χ2v) is 7.57. The molecule has 0 aliphatic carbocycles. The molecule has 26 heavy (non-hydrogen) atoms. The zero-order valence-electron chi connectivity index (χ0n) is 13.8. The van der Waals surface area contributed by atoms with Crippen LogP contribution in [0, 0.1) is 0 Å². The SMILES string of the molecule is CSc1cccc(NC(=O)c2ccc(Cl)cc2NC(=O)c2cccs2)c1. The molecule has 0 atom stereocenters. The molecule has 3 aromatic rings. The Morgan fingerprint density at radius 1 is 1.00 bits per heavy atom. The van der Waals surface area contributed by atoms with Crippen molar-refractivity contribution < 1.29 is 9.59 Å². The highest BCUT2D eigenvalue weighted by atomic mass is 35.5. The first kappa shape index (κ1) is 18.5. The van der Waals surface area contributed by atoms with E-state index < -0.39 is 0 Å². The lowest BCUT2D eigenvalue weighted by molar-refractivity contribution is 0.102. The van der Waals surface area contributed by atoms with Crippen molar-refractivity contribution >= 4 is 57.9 Å². The summed E-state index contributed by atoms with van der Waals surface area (Å²) < 4.78 is 0. The average Bonchev–Trinajstić information content (AvgIpc) is 3.16. The standard InChI is InChI=1S/C19H15ClN2O2S2/c1-25-14-5-2-4-13(11-14)21-18(23)15-8-7-12(20)10-16(15)22-19(24)17-6-3-9-26-17/h2-11H,1H3,(H,21,23)(H,22,24). The van der Waals surface area contributed by atoms with Crippen LogP contribution in [-0.4, -0.2) is 18.1 Å². The molecule has 0 unspecified atom stereocenters. The first-order valence-corrected chi connectivity index (χ1v) is 10.1. The van der Waals surface area contributed by atoms with Crippen molar-refractivity contribution in [3.05, 3.63) is 75.4 Å². The summed E-state index contributed by atoms with van der Waals surface area (Å²) in [6.07, 6.45) is 1.97. The minimum absolute atomic E-state index is 0.277. The molecule has 0 saturated carbocycles. The van der Waals surface area contributed by atoms with E-state index in [-0.39, 0.29) is 11.8 Å². The molecule has 132 valence electrons. The molecule has 3 rings (SSSR count). The molecule has 1 aromatic heterocycles. The molecule has 7 heteroatoms. The average molecular weight is 403 g/mol. The Balaban J connectivity index is 1.84. The Kier molecular flexibility index (Phi) is 5.98. The molecule has 0 spiro atoms. The molecule has 0 bridgehead atoms. The number of benzene rings is 2. The van der Waals surface area contributed by atoms with Crippen LogP contribution in [0.1, 0.15) is 20.0 Å².